The molecule has 1 amide bonds. The second kappa shape index (κ2) is 3.54. The third-order valence-electron chi connectivity index (χ3n) is 3.67. The van der Waals surface area contributed by atoms with Crippen molar-refractivity contribution in [3.63, 3.8) is 0 Å². The van der Waals surface area contributed by atoms with Gasteiger partial charge in [-0.3, -0.25) is 4.79 Å². The number of hydrogen-bond donors (Lipinski definition) is 2. The van der Waals surface area contributed by atoms with Gasteiger partial charge in [0.1, 0.15) is 0 Å². The Bertz CT molecular complexity index is 231. The van der Waals surface area contributed by atoms with E-state index in [4.69, 9.17) is 0 Å². The third kappa shape index (κ3) is 2.08. The van der Waals surface area contributed by atoms with Crippen molar-refractivity contribution in [2.45, 2.75) is 26.7 Å². The van der Waals surface area contributed by atoms with Gasteiger partial charge in [-0.1, -0.05) is 13.8 Å². The minimum atomic E-state index is 0.219. The quantitative estimate of drug-likeness (QED) is 0.699. The molecule has 0 aromatic carbocycles. The Balaban J connectivity index is 1.68. The molecule has 2 atom stereocenters. The van der Waals surface area contributed by atoms with Gasteiger partial charge in [-0.25, -0.2) is 0 Å². The maximum absolute atomic E-state index is 11.6. The summed E-state index contributed by atoms with van der Waals surface area (Å²) in [5.74, 6) is 1.18. The van der Waals surface area contributed by atoms with Gasteiger partial charge in [0.25, 0.3) is 0 Å². The fourth-order valence-corrected chi connectivity index (χ4v) is 2.17. The summed E-state index contributed by atoms with van der Waals surface area (Å²) in [5.41, 5.74) is 0.473. The molecule has 0 radical (unpaired) electrons. The van der Waals surface area contributed by atoms with Crippen LogP contribution in [0.2, 0.25) is 0 Å². The van der Waals surface area contributed by atoms with E-state index in [9.17, 15) is 4.79 Å². The fraction of sp³-hybridized carbons (Fsp3) is 0.909. The molecular formula is C11H20N2O. The number of hydrogen-bond acceptors (Lipinski definition) is 2. The maximum atomic E-state index is 11.6. The first-order chi connectivity index (χ1) is 6.59. The molecule has 0 aromatic rings. The largest absolute Gasteiger partial charge is 0.356 e. The molecule has 2 N–H and O–H groups in total. The predicted octanol–water partition coefficient (Wildman–Crippen LogP) is 0.758. The van der Waals surface area contributed by atoms with Crippen LogP contribution >= 0.6 is 0 Å². The summed E-state index contributed by atoms with van der Waals surface area (Å²) >= 11 is 0. The number of rotatable bonds is 3. The summed E-state index contributed by atoms with van der Waals surface area (Å²) in [7, 11) is 0. The summed E-state index contributed by atoms with van der Waals surface area (Å²) in [6, 6.07) is 0. The lowest BCUT2D eigenvalue weighted by Crippen LogP contribution is -2.33. The molecule has 0 aromatic heterocycles. The zero-order valence-corrected chi connectivity index (χ0v) is 9.10. The molecule has 1 aliphatic carbocycles. The van der Waals surface area contributed by atoms with Gasteiger partial charge in [-0.2, -0.15) is 0 Å². The molecule has 3 nitrogen and oxygen atoms in total. The monoisotopic (exact) mass is 196 g/mol. The Hall–Kier alpha value is -0.570. The Morgan fingerprint density at radius 3 is 2.79 bits per heavy atom. The second-order valence-corrected chi connectivity index (χ2v) is 5.32. The topological polar surface area (TPSA) is 41.1 Å². The first-order valence-corrected chi connectivity index (χ1v) is 5.58. The van der Waals surface area contributed by atoms with Crippen LogP contribution in [-0.2, 0) is 4.79 Å². The van der Waals surface area contributed by atoms with Crippen molar-refractivity contribution in [1.82, 2.24) is 10.6 Å². The number of carbonyl (C=O) groups excluding carboxylic acids is 1. The molecule has 1 heterocycles. The average molecular weight is 196 g/mol. The van der Waals surface area contributed by atoms with Crippen molar-refractivity contribution in [1.29, 1.82) is 0 Å². The smallest absolute Gasteiger partial charge is 0.224 e. The molecule has 2 rings (SSSR count). The van der Waals surface area contributed by atoms with Crippen LogP contribution in [0.5, 0.6) is 0 Å². The maximum Gasteiger partial charge on any atom is 0.224 e. The minimum Gasteiger partial charge on any atom is -0.356 e. The predicted molar refractivity (Wildman–Crippen MR) is 55.9 cm³/mol. The second-order valence-electron chi connectivity index (χ2n) is 5.32. The summed E-state index contributed by atoms with van der Waals surface area (Å²) < 4.78 is 0. The lowest BCUT2D eigenvalue weighted by molar-refractivity contribution is -0.124. The van der Waals surface area contributed by atoms with Gasteiger partial charge in [-0.15, -0.1) is 0 Å². The summed E-state index contributed by atoms with van der Waals surface area (Å²) in [6.45, 7) is 7.26. The molecule has 14 heavy (non-hydrogen) atoms. The van der Waals surface area contributed by atoms with E-state index < -0.39 is 0 Å². The van der Waals surface area contributed by atoms with Gasteiger partial charge in [0, 0.05) is 13.1 Å². The van der Waals surface area contributed by atoms with E-state index in [1.54, 1.807) is 0 Å². The molecule has 1 saturated carbocycles. The van der Waals surface area contributed by atoms with Crippen LogP contribution in [0.15, 0.2) is 0 Å². The third-order valence-corrected chi connectivity index (χ3v) is 3.67. The molecule has 2 aliphatic rings. The van der Waals surface area contributed by atoms with E-state index in [2.05, 4.69) is 24.5 Å². The van der Waals surface area contributed by atoms with Crippen LogP contribution in [0.1, 0.15) is 26.7 Å². The summed E-state index contributed by atoms with van der Waals surface area (Å²) in [5, 5.41) is 6.28. The van der Waals surface area contributed by atoms with E-state index in [-0.39, 0.29) is 11.8 Å². The highest BCUT2D eigenvalue weighted by molar-refractivity contribution is 5.79. The van der Waals surface area contributed by atoms with Gasteiger partial charge in [0.05, 0.1) is 5.92 Å². The highest BCUT2D eigenvalue weighted by Crippen LogP contribution is 2.50. The van der Waals surface area contributed by atoms with Crippen molar-refractivity contribution in [2.75, 3.05) is 19.6 Å². The van der Waals surface area contributed by atoms with E-state index in [1.165, 1.54) is 6.42 Å². The molecule has 1 saturated heterocycles. The highest BCUT2D eigenvalue weighted by atomic mass is 16.1. The van der Waals surface area contributed by atoms with Crippen molar-refractivity contribution in [2.24, 2.45) is 17.3 Å². The Labute approximate surface area is 85.6 Å². The van der Waals surface area contributed by atoms with Crippen LogP contribution in [0, 0.1) is 17.3 Å². The van der Waals surface area contributed by atoms with Gasteiger partial charge >= 0.3 is 0 Å². The van der Waals surface area contributed by atoms with E-state index >= 15 is 0 Å². The van der Waals surface area contributed by atoms with Gasteiger partial charge in [0.2, 0.25) is 5.91 Å². The lowest BCUT2D eigenvalue weighted by Gasteiger charge is -2.10. The van der Waals surface area contributed by atoms with Crippen LogP contribution in [0.3, 0.4) is 0 Å². The van der Waals surface area contributed by atoms with Gasteiger partial charge in [0.15, 0.2) is 0 Å². The van der Waals surface area contributed by atoms with E-state index in [1.807, 2.05) is 0 Å². The summed E-state index contributed by atoms with van der Waals surface area (Å²) in [6.07, 6.45) is 2.26. The van der Waals surface area contributed by atoms with Crippen LogP contribution in [-0.4, -0.2) is 25.5 Å². The van der Waals surface area contributed by atoms with E-state index in [0.29, 0.717) is 11.3 Å². The molecule has 1 aliphatic heterocycles. The number of amides is 1. The Morgan fingerprint density at radius 2 is 2.29 bits per heavy atom. The zero-order valence-electron chi connectivity index (χ0n) is 9.10. The lowest BCUT2D eigenvalue weighted by atomic mass is 10.1. The Morgan fingerprint density at radius 1 is 1.57 bits per heavy atom. The minimum absolute atomic E-state index is 0.219. The highest BCUT2D eigenvalue weighted by Gasteiger charge is 2.45. The van der Waals surface area contributed by atoms with Crippen molar-refractivity contribution >= 4 is 5.91 Å². The molecule has 1 unspecified atom stereocenters. The van der Waals surface area contributed by atoms with E-state index in [0.717, 1.165) is 26.1 Å². The zero-order chi connectivity index (χ0) is 10.2. The first kappa shape index (κ1) is 9.97. The standard InChI is InChI=1S/C11H20N2O/c1-11(2)5-9(11)7-13-10(14)8-3-4-12-6-8/h8-9,12H,3-7H2,1-2H3,(H,13,14)/t8-,9?/m0/s1. The molecule has 0 spiro atoms. The molecule has 0 bridgehead atoms. The molecule has 2 fully saturated rings. The van der Waals surface area contributed by atoms with Crippen LogP contribution < -0.4 is 10.6 Å². The van der Waals surface area contributed by atoms with Gasteiger partial charge in [-0.05, 0) is 30.7 Å². The normalized spacial score (nSPS) is 34.1. The number of nitrogens with one attached hydrogen (secondary N) is 2. The average Bonchev–Trinajstić information content (AvgIpc) is 2.58. The molecule has 3 heteroatoms. The van der Waals surface area contributed by atoms with Crippen molar-refractivity contribution in [3.8, 4) is 0 Å². The molecule has 80 valence electrons. The van der Waals surface area contributed by atoms with Crippen LogP contribution in [0.4, 0.5) is 0 Å². The molecular weight excluding hydrogens is 176 g/mol. The van der Waals surface area contributed by atoms with Crippen molar-refractivity contribution in [3.05, 3.63) is 0 Å². The first-order valence-electron chi connectivity index (χ1n) is 5.58. The SMILES string of the molecule is CC1(C)CC1CNC(=O)[C@H]1CCNC1. The van der Waals surface area contributed by atoms with Crippen molar-refractivity contribution < 1.29 is 4.79 Å². The van der Waals surface area contributed by atoms with Crippen LogP contribution in [0.25, 0.3) is 0 Å². The fourth-order valence-electron chi connectivity index (χ4n) is 2.17. The summed E-state index contributed by atoms with van der Waals surface area (Å²) in [4.78, 5) is 11.6. The van der Waals surface area contributed by atoms with Gasteiger partial charge < -0.3 is 10.6 Å². The number of carbonyl (C=O) groups is 1. The Kier molecular flexibility index (Phi) is 2.52.